The van der Waals surface area contributed by atoms with Crippen molar-refractivity contribution in [3.8, 4) is 0 Å². The van der Waals surface area contributed by atoms with Crippen LogP contribution in [0.4, 0.5) is 4.79 Å². The predicted molar refractivity (Wildman–Crippen MR) is 121 cm³/mol. The molecule has 0 aromatic rings. The Morgan fingerprint density at radius 2 is 1.85 bits per heavy atom. The van der Waals surface area contributed by atoms with Crippen LogP contribution in [0.15, 0.2) is 11.6 Å². The van der Waals surface area contributed by atoms with Crippen molar-refractivity contribution in [2.45, 2.75) is 101 Å². The smallest absolute Gasteiger partial charge is 0.408 e. The topological polar surface area (TPSA) is 98.9 Å². The lowest BCUT2D eigenvalue weighted by molar-refractivity contribution is -0.145. The lowest BCUT2D eigenvalue weighted by Gasteiger charge is -2.42. The van der Waals surface area contributed by atoms with E-state index >= 15 is 0 Å². The minimum absolute atomic E-state index is 0.00816. The van der Waals surface area contributed by atoms with Crippen LogP contribution in [0.1, 0.15) is 65.7 Å². The Kier molecular flexibility index (Phi) is 7.08. The molecule has 2 aliphatic heterocycles. The van der Waals surface area contributed by atoms with Gasteiger partial charge in [0, 0.05) is 7.11 Å². The Labute approximate surface area is 196 Å². The van der Waals surface area contributed by atoms with E-state index in [1.165, 1.54) is 12.7 Å². The summed E-state index contributed by atoms with van der Waals surface area (Å²) in [6, 6.07) is -0.688. The van der Waals surface area contributed by atoms with Crippen molar-refractivity contribution in [1.82, 2.24) is 5.32 Å². The van der Waals surface area contributed by atoms with Crippen LogP contribution in [0.2, 0.25) is 0 Å². The van der Waals surface area contributed by atoms with Gasteiger partial charge in [-0.1, -0.05) is 25.3 Å². The fourth-order valence-corrected chi connectivity index (χ4v) is 6.31. The van der Waals surface area contributed by atoms with E-state index in [0.29, 0.717) is 13.0 Å². The number of hydrogen-bond donors (Lipinski definition) is 1. The molecule has 2 saturated heterocycles. The molecule has 0 radical (unpaired) electrons. The van der Waals surface area contributed by atoms with Crippen LogP contribution in [0.5, 0.6) is 0 Å². The van der Waals surface area contributed by atoms with Gasteiger partial charge in [-0.3, -0.25) is 0 Å². The molecule has 2 heterocycles. The van der Waals surface area contributed by atoms with Gasteiger partial charge in [-0.25, -0.2) is 9.59 Å². The third-order valence-corrected chi connectivity index (χ3v) is 8.33. The highest BCUT2D eigenvalue weighted by Crippen LogP contribution is 2.60. The summed E-state index contributed by atoms with van der Waals surface area (Å²) in [5.41, 5.74) is 0.464. The van der Waals surface area contributed by atoms with Crippen molar-refractivity contribution in [3.63, 3.8) is 0 Å². The normalized spacial score (nSPS) is 39.6. The molecule has 186 valence electrons. The van der Waals surface area contributed by atoms with E-state index in [0.717, 1.165) is 38.5 Å². The largest absolute Gasteiger partial charge is 0.467 e. The number of rotatable bonds is 7. The number of epoxide rings is 2. The number of ether oxygens (including phenoxy) is 5. The van der Waals surface area contributed by atoms with Gasteiger partial charge in [0.15, 0.2) is 0 Å². The number of nitrogens with one attached hydrogen (secondary N) is 1. The first-order chi connectivity index (χ1) is 15.8. The van der Waals surface area contributed by atoms with Crippen molar-refractivity contribution >= 4 is 12.1 Å². The molecular formula is C25H39NO7. The molecule has 4 aliphatic rings. The van der Waals surface area contributed by atoms with Crippen LogP contribution < -0.4 is 5.32 Å². The molecule has 8 heteroatoms. The lowest BCUT2D eigenvalue weighted by atomic mass is 9.68. The predicted octanol–water partition coefficient (Wildman–Crippen LogP) is 3.52. The molecule has 1 spiro atoms. The quantitative estimate of drug-likeness (QED) is 0.349. The van der Waals surface area contributed by atoms with Gasteiger partial charge in [0.05, 0.1) is 19.6 Å². The summed E-state index contributed by atoms with van der Waals surface area (Å²) >= 11 is 0. The fourth-order valence-electron chi connectivity index (χ4n) is 6.31. The van der Waals surface area contributed by atoms with Crippen molar-refractivity contribution in [2.24, 2.45) is 11.8 Å². The number of hydrogen-bond acceptors (Lipinski definition) is 7. The first-order valence-electron chi connectivity index (χ1n) is 12.3. The molecule has 0 aromatic carbocycles. The molecule has 7 atom stereocenters. The highest BCUT2D eigenvalue weighted by Gasteiger charge is 2.72. The van der Waals surface area contributed by atoms with Crippen molar-refractivity contribution in [1.29, 1.82) is 0 Å². The molecule has 1 amide bonds. The van der Waals surface area contributed by atoms with Gasteiger partial charge in [0.25, 0.3) is 0 Å². The van der Waals surface area contributed by atoms with E-state index < -0.39 is 29.8 Å². The number of esters is 1. The zero-order chi connectivity index (χ0) is 23.8. The molecule has 8 nitrogen and oxygen atoms in total. The number of alkyl carbamates (subject to hydrolysis) is 1. The molecule has 4 rings (SSSR count). The molecule has 2 saturated carbocycles. The lowest BCUT2D eigenvalue weighted by Crippen LogP contribution is -2.57. The fraction of sp³-hybridized carbons (Fsp3) is 0.840. The Morgan fingerprint density at radius 3 is 2.42 bits per heavy atom. The average molecular weight is 466 g/mol. The van der Waals surface area contributed by atoms with Gasteiger partial charge in [0.2, 0.25) is 0 Å². The zero-order valence-corrected chi connectivity index (χ0v) is 20.6. The Bertz CT molecular complexity index is 773. The van der Waals surface area contributed by atoms with E-state index in [2.05, 4.69) is 25.2 Å². The van der Waals surface area contributed by atoms with E-state index in [4.69, 9.17) is 23.7 Å². The van der Waals surface area contributed by atoms with Gasteiger partial charge >= 0.3 is 12.1 Å². The standard InChI is InChI=1S/C25H39NO7/c1-6-15(2)21-24(3,33-21)20-19(29-4)17(12-13-25(20)14-31-25)32-23(28)26-18(22(27)30-5)16-10-8-7-9-11-16/h6,16-21H,7-14H2,1-5H3,(H,26,28)/t17-,18?,19+,20-,21-,24-,25+/m1/s1. The molecule has 2 aliphatic carbocycles. The van der Waals surface area contributed by atoms with Gasteiger partial charge in [0.1, 0.15) is 35.6 Å². The summed E-state index contributed by atoms with van der Waals surface area (Å²) in [5, 5.41) is 2.81. The maximum absolute atomic E-state index is 12.9. The SMILES string of the molecule is CC=C(C)[C@H]1O[C@]1(C)[C@H]1[C@@H](OC)[C@H](OC(=O)NC(C(=O)OC)C2CCCCC2)CC[C@]12CO2. The maximum Gasteiger partial charge on any atom is 0.408 e. The van der Waals surface area contributed by atoms with Crippen LogP contribution in [-0.4, -0.2) is 68.4 Å². The van der Waals surface area contributed by atoms with E-state index in [1.54, 1.807) is 7.11 Å². The van der Waals surface area contributed by atoms with Crippen molar-refractivity contribution < 1.29 is 33.3 Å². The number of allylic oxidation sites excluding steroid dienone is 1. The highest BCUT2D eigenvalue weighted by molar-refractivity contribution is 5.81. The summed E-state index contributed by atoms with van der Waals surface area (Å²) in [7, 11) is 3.00. The van der Waals surface area contributed by atoms with E-state index in [-0.39, 0.29) is 29.6 Å². The molecular weight excluding hydrogens is 426 g/mol. The maximum atomic E-state index is 12.9. The van der Waals surface area contributed by atoms with Crippen LogP contribution in [0.25, 0.3) is 0 Å². The highest BCUT2D eigenvalue weighted by atomic mass is 16.6. The monoisotopic (exact) mass is 465 g/mol. The number of carbonyl (C=O) groups is 2. The third-order valence-electron chi connectivity index (χ3n) is 8.33. The Hall–Kier alpha value is -1.64. The van der Waals surface area contributed by atoms with Gasteiger partial charge < -0.3 is 29.0 Å². The number of amides is 1. The van der Waals surface area contributed by atoms with Gasteiger partial charge in [-0.05, 0) is 57.9 Å². The van der Waals surface area contributed by atoms with Gasteiger partial charge in [-0.15, -0.1) is 0 Å². The van der Waals surface area contributed by atoms with Gasteiger partial charge in [-0.2, -0.15) is 0 Å². The second-order valence-corrected chi connectivity index (χ2v) is 10.3. The number of carbonyl (C=O) groups excluding carboxylic acids is 2. The van der Waals surface area contributed by atoms with E-state index in [1.807, 2.05) is 6.92 Å². The molecule has 0 aromatic heterocycles. The molecule has 0 bridgehead atoms. The molecule has 33 heavy (non-hydrogen) atoms. The third kappa shape index (κ3) is 4.66. The van der Waals surface area contributed by atoms with Crippen molar-refractivity contribution in [2.75, 3.05) is 20.8 Å². The second-order valence-electron chi connectivity index (χ2n) is 10.3. The average Bonchev–Trinajstić information content (AvgIpc) is 3.75. The summed E-state index contributed by atoms with van der Waals surface area (Å²) in [5.74, 6) is -0.406. The summed E-state index contributed by atoms with van der Waals surface area (Å²) < 4.78 is 29.0. The summed E-state index contributed by atoms with van der Waals surface area (Å²) in [6.45, 7) is 6.85. The Morgan fingerprint density at radius 1 is 1.15 bits per heavy atom. The van der Waals surface area contributed by atoms with E-state index in [9.17, 15) is 9.59 Å². The molecule has 4 fully saturated rings. The minimum atomic E-state index is -0.688. The first kappa shape index (κ1) is 24.5. The first-order valence-corrected chi connectivity index (χ1v) is 12.3. The van der Waals surface area contributed by atoms with Crippen LogP contribution >= 0.6 is 0 Å². The van der Waals surface area contributed by atoms with Crippen LogP contribution in [0, 0.1) is 11.8 Å². The number of methoxy groups -OCH3 is 2. The van der Waals surface area contributed by atoms with Crippen LogP contribution in [-0.2, 0) is 28.5 Å². The second kappa shape index (κ2) is 9.55. The molecule has 1 N–H and O–H groups in total. The minimum Gasteiger partial charge on any atom is -0.467 e. The summed E-state index contributed by atoms with van der Waals surface area (Å²) in [4.78, 5) is 25.4. The summed E-state index contributed by atoms with van der Waals surface area (Å²) in [6.07, 6.45) is 7.14. The Balaban J connectivity index is 1.46. The van der Waals surface area contributed by atoms with Crippen LogP contribution in [0.3, 0.4) is 0 Å². The van der Waals surface area contributed by atoms with Crippen molar-refractivity contribution in [3.05, 3.63) is 11.6 Å². The zero-order valence-electron chi connectivity index (χ0n) is 20.6. The molecule has 1 unspecified atom stereocenters.